The molecular formula is C18H19Cl2N3O. The molecule has 1 aliphatic rings. The number of hydrogen-bond acceptors (Lipinski definition) is 3. The maximum Gasteiger partial charge on any atom is 0.274 e. The quantitative estimate of drug-likeness (QED) is 0.845. The molecule has 2 aromatic rings. The topological polar surface area (TPSA) is 45.2 Å². The molecule has 1 unspecified atom stereocenters. The number of carbonyl (C=O) groups is 1. The molecule has 1 aliphatic heterocycles. The lowest BCUT2D eigenvalue weighted by molar-refractivity contribution is 0.102. The lowest BCUT2D eigenvalue weighted by Crippen LogP contribution is -2.34. The Labute approximate surface area is 151 Å². The maximum atomic E-state index is 12.3. The van der Waals surface area contributed by atoms with Crippen molar-refractivity contribution in [2.75, 3.05) is 23.3 Å². The number of carbonyl (C=O) groups excluding carboxylic acids is 1. The lowest BCUT2D eigenvalue weighted by Gasteiger charge is -2.32. The predicted molar refractivity (Wildman–Crippen MR) is 99.3 cm³/mol. The van der Waals surface area contributed by atoms with E-state index in [9.17, 15) is 4.79 Å². The SMILES string of the molecule is CC1CCCN(c2ccc(C(=O)Nc3cc(Cl)ccc3Cl)nc2)C1. The molecule has 3 rings (SSSR count). The van der Waals surface area contributed by atoms with Crippen LogP contribution >= 0.6 is 23.2 Å². The van der Waals surface area contributed by atoms with Gasteiger partial charge in [0.1, 0.15) is 5.69 Å². The summed E-state index contributed by atoms with van der Waals surface area (Å²) in [5, 5.41) is 3.69. The van der Waals surface area contributed by atoms with Gasteiger partial charge in [0.05, 0.1) is 22.6 Å². The van der Waals surface area contributed by atoms with Crippen LogP contribution < -0.4 is 10.2 Å². The Hall–Kier alpha value is -1.78. The van der Waals surface area contributed by atoms with E-state index in [2.05, 4.69) is 22.1 Å². The molecule has 126 valence electrons. The van der Waals surface area contributed by atoms with Crippen molar-refractivity contribution in [3.8, 4) is 0 Å². The second-order valence-corrected chi connectivity index (χ2v) is 7.02. The van der Waals surface area contributed by atoms with Crippen LogP contribution in [-0.2, 0) is 0 Å². The zero-order chi connectivity index (χ0) is 17.1. The molecule has 1 saturated heterocycles. The van der Waals surface area contributed by atoms with Crippen LogP contribution in [0.3, 0.4) is 0 Å². The Bertz CT molecular complexity index is 734. The van der Waals surface area contributed by atoms with Crippen molar-refractivity contribution in [3.63, 3.8) is 0 Å². The first-order chi connectivity index (χ1) is 11.5. The van der Waals surface area contributed by atoms with Gasteiger partial charge in [-0.1, -0.05) is 30.1 Å². The van der Waals surface area contributed by atoms with Crippen molar-refractivity contribution < 1.29 is 4.79 Å². The van der Waals surface area contributed by atoms with Gasteiger partial charge in [-0.05, 0) is 49.1 Å². The van der Waals surface area contributed by atoms with E-state index in [1.165, 1.54) is 12.8 Å². The molecule has 2 heterocycles. The molecule has 1 atom stereocenters. The lowest BCUT2D eigenvalue weighted by atomic mass is 10.00. The number of nitrogens with one attached hydrogen (secondary N) is 1. The van der Waals surface area contributed by atoms with E-state index >= 15 is 0 Å². The number of amides is 1. The van der Waals surface area contributed by atoms with Crippen molar-refractivity contribution in [3.05, 3.63) is 52.3 Å². The molecule has 24 heavy (non-hydrogen) atoms. The molecule has 4 nitrogen and oxygen atoms in total. The summed E-state index contributed by atoms with van der Waals surface area (Å²) in [5.74, 6) is 0.379. The van der Waals surface area contributed by atoms with Gasteiger partial charge < -0.3 is 10.2 Å². The van der Waals surface area contributed by atoms with Gasteiger partial charge in [0.15, 0.2) is 0 Å². The number of pyridine rings is 1. The zero-order valence-corrected chi connectivity index (χ0v) is 14.9. The molecule has 1 aromatic carbocycles. The first-order valence-corrected chi connectivity index (χ1v) is 8.76. The van der Waals surface area contributed by atoms with Gasteiger partial charge in [-0.3, -0.25) is 4.79 Å². The molecule has 1 aromatic heterocycles. The van der Waals surface area contributed by atoms with E-state index < -0.39 is 0 Å². The molecule has 0 saturated carbocycles. The third-order valence-electron chi connectivity index (χ3n) is 4.18. The number of anilines is 2. The number of rotatable bonds is 3. The average Bonchev–Trinajstić information content (AvgIpc) is 2.58. The van der Waals surface area contributed by atoms with Crippen LogP contribution in [0.25, 0.3) is 0 Å². The molecule has 0 bridgehead atoms. The Kier molecular flexibility index (Phi) is 5.27. The minimum absolute atomic E-state index is 0.308. The summed E-state index contributed by atoms with van der Waals surface area (Å²) in [5.41, 5.74) is 1.88. The summed E-state index contributed by atoms with van der Waals surface area (Å²) in [6, 6.07) is 8.62. The number of aromatic nitrogens is 1. The summed E-state index contributed by atoms with van der Waals surface area (Å²) in [6.07, 6.45) is 4.22. The summed E-state index contributed by atoms with van der Waals surface area (Å²) in [7, 11) is 0. The molecule has 1 N–H and O–H groups in total. The summed E-state index contributed by atoms with van der Waals surface area (Å²) >= 11 is 12.0. The minimum atomic E-state index is -0.308. The van der Waals surface area contributed by atoms with Crippen molar-refractivity contribution in [2.45, 2.75) is 19.8 Å². The fourth-order valence-electron chi connectivity index (χ4n) is 2.91. The highest BCUT2D eigenvalue weighted by molar-refractivity contribution is 6.35. The van der Waals surface area contributed by atoms with Gasteiger partial charge >= 0.3 is 0 Å². The molecule has 0 radical (unpaired) electrons. The van der Waals surface area contributed by atoms with Gasteiger partial charge in [0.25, 0.3) is 5.91 Å². The van der Waals surface area contributed by atoms with Gasteiger partial charge in [-0.15, -0.1) is 0 Å². The van der Waals surface area contributed by atoms with Gasteiger partial charge in [0, 0.05) is 18.1 Å². The van der Waals surface area contributed by atoms with Gasteiger partial charge in [-0.25, -0.2) is 4.98 Å². The first-order valence-electron chi connectivity index (χ1n) is 8.00. The zero-order valence-electron chi connectivity index (χ0n) is 13.4. The van der Waals surface area contributed by atoms with E-state index in [-0.39, 0.29) is 5.91 Å². The van der Waals surface area contributed by atoms with Crippen LogP contribution in [0.2, 0.25) is 10.0 Å². The fourth-order valence-corrected chi connectivity index (χ4v) is 3.25. The van der Waals surface area contributed by atoms with Crippen molar-refractivity contribution in [2.24, 2.45) is 5.92 Å². The number of nitrogens with zero attached hydrogens (tertiary/aromatic N) is 2. The summed E-state index contributed by atoms with van der Waals surface area (Å²) in [6.45, 7) is 4.33. The largest absolute Gasteiger partial charge is 0.370 e. The maximum absolute atomic E-state index is 12.3. The smallest absolute Gasteiger partial charge is 0.274 e. The number of halogens is 2. The Balaban J connectivity index is 1.70. The monoisotopic (exact) mass is 363 g/mol. The van der Waals surface area contributed by atoms with Crippen LogP contribution in [0.15, 0.2) is 36.5 Å². The molecule has 6 heteroatoms. The van der Waals surface area contributed by atoms with Crippen LogP contribution in [-0.4, -0.2) is 24.0 Å². The third-order valence-corrected chi connectivity index (χ3v) is 4.74. The van der Waals surface area contributed by atoms with Crippen LogP contribution in [0.4, 0.5) is 11.4 Å². The first kappa shape index (κ1) is 17.1. The number of piperidine rings is 1. The standard InChI is InChI=1S/C18H19Cl2N3O/c1-12-3-2-8-23(11-12)14-5-7-16(21-10-14)18(24)22-17-9-13(19)4-6-15(17)20/h4-7,9-10,12H,2-3,8,11H2,1H3,(H,22,24). The highest BCUT2D eigenvalue weighted by Gasteiger charge is 2.17. The van der Waals surface area contributed by atoms with E-state index in [0.29, 0.717) is 27.3 Å². The fraction of sp³-hybridized carbons (Fsp3) is 0.333. The summed E-state index contributed by atoms with van der Waals surface area (Å²) in [4.78, 5) is 18.9. The molecule has 0 spiro atoms. The highest BCUT2D eigenvalue weighted by atomic mass is 35.5. The van der Waals surface area contributed by atoms with E-state index in [1.807, 2.05) is 6.07 Å². The second kappa shape index (κ2) is 7.41. The number of benzene rings is 1. The van der Waals surface area contributed by atoms with Crippen molar-refractivity contribution in [1.29, 1.82) is 0 Å². The van der Waals surface area contributed by atoms with Crippen molar-refractivity contribution in [1.82, 2.24) is 4.98 Å². The summed E-state index contributed by atoms with van der Waals surface area (Å²) < 4.78 is 0. The third kappa shape index (κ3) is 4.00. The van der Waals surface area contributed by atoms with Gasteiger partial charge in [0.2, 0.25) is 0 Å². The molecular weight excluding hydrogens is 345 g/mol. The minimum Gasteiger partial charge on any atom is -0.370 e. The molecule has 1 amide bonds. The molecule has 0 aliphatic carbocycles. The van der Waals surface area contributed by atoms with Crippen LogP contribution in [0, 0.1) is 5.92 Å². The van der Waals surface area contributed by atoms with Crippen molar-refractivity contribution >= 4 is 40.5 Å². The highest BCUT2D eigenvalue weighted by Crippen LogP contribution is 2.26. The number of hydrogen-bond donors (Lipinski definition) is 1. The van der Waals surface area contributed by atoms with E-state index in [1.54, 1.807) is 30.5 Å². The van der Waals surface area contributed by atoms with E-state index in [4.69, 9.17) is 23.2 Å². The molecule has 1 fully saturated rings. The van der Waals surface area contributed by atoms with E-state index in [0.717, 1.165) is 18.8 Å². The second-order valence-electron chi connectivity index (χ2n) is 6.17. The average molecular weight is 364 g/mol. The Morgan fingerprint density at radius 2 is 2.12 bits per heavy atom. The predicted octanol–water partition coefficient (Wildman–Crippen LogP) is 4.88. The Morgan fingerprint density at radius 1 is 1.29 bits per heavy atom. The van der Waals surface area contributed by atoms with Crippen LogP contribution in [0.1, 0.15) is 30.3 Å². The normalized spacial score (nSPS) is 17.6. The van der Waals surface area contributed by atoms with Crippen LogP contribution in [0.5, 0.6) is 0 Å². The Morgan fingerprint density at radius 3 is 2.83 bits per heavy atom. The van der Waals surface area contributed by atoms with Gasteiger partial charge in [-0.2, -0.15) is 0 Å².